The molecule has 0 bridgehead atoms. The van der Waals surface area contributed by atoms with Crippen LogP contribution in [0.2, 0.25) is 0 Å². The molecule has 0 aliphatic heterocycles. The average molecular weight is 339 g/mol. The number of hydrogen-bond acceptors (Lipinski definition) is 3. The van der Waals surface area contributed by atoms with E-state index < -0.39 is 0 Å². The van der Waals surface area contributed by atoms with Crippen LogP contribution in [0.25, 0.3) is 0 Å². The van der Waals surface area contributed by atoms with Gasteiger partial charge in [0, 0.05) is 16.6 Å². The first-order valence-corrected chi connectivity index (χ1v) is 7.83. The maximum absolute atomic E-state index is 12.2. The second-order valence-corrected chi connectivity index (χ2v) is 5.99. The number of aromatic nitrogens is 1. The summed E-state index contributed by atoms with van der Waals surface area (Å²) in [6, 6.07) is 7.61. The van der Waals surface area contributed by atoms with E-state index in [1.807, 2.05) is 11.4 Å². The molecule has 0 saturated carbocycles. The van der Waals surface area contributed by atoms with Crippen LogP contribution < -0.4 is 5.32 Å². The molecule has 0 fully saturated rings. The summed E-state index contributed by atoms with van der Waals surface area (Å²) in [6.07, 6.45) is 3.60. The molecule has 3 nitrogen and oxygen atoms in total. The van der Waals surface area contributed by atoms with Gasteiger partial charge in [0.2, 0.25) is 0 Å². The van der Waals surface area contributed by atoms with Crippen LogP contribution in [0.1, 0.15) is 41.0 Å². The van der Waals surface area contributed by atoms with Gasteiger partial charge in [0.05, 0.1) is 6.04 Å². The van der Waals surface area contributed by atoms with Crippen LogP contribution in [0.15, 0.2) is 40.4 Å². The highest BCUT2D eigenvalue weighted by molar-refractivity contribution is 9.10. The normalized spacial score (nSPS) is 12.1. The minimum absolute atomic E-state index is 0.0602. The largest absolute Gasteiger partial charge is 0.344 e. The minimum Gasteiger partial charge on any atom is -0.344 e. The summed E-state index contributed by atoms with van der Waals surface area (Å²) in [5.41, 5.74) is 0.625. The van der Waals surface area contributed by atoms with Gasteiger partial charge >= 0.3 is 0 Å². The second-order valence-electron chi connectivity index (χ2n) is 4.20. The Hall–Kier alpha value is -1.20. The van der Waals surface area contributed by atoms with Crippen molar-refractivity contribution in [2.45, 2.75) is 25.8 Å². The highest BCUT2D eigenvalue weighted by Gasteiger charge is 2.16. The van der Waals surface area contributed by atoms with E-state index in [1.54, 1.807) is 29.7 Å². The van der Waals surface area contributed by atoms with E-state index in [-0.39, 0.29) is 11.9 Å². The molecule has 0 aliphatic carbocycles. The first kappa shape index (κ1) is 14.2. The molecule has 5 heteroatoms. The van der Waals surface area contributed by atoms with Crippen LogP contribution in [0.5, 0.6) is 0 Å². The molecule has 0 saturated heterocycles. The van der Waals surface area contributed by atoms with Crippen LogP contribution in [0, 0.1) is 0 Å². The third-order valence-corrected chi connectivity index (χ3v) is 4.18. The summed E-state index contributed by atoms with van der Waals surface area (Å²) in [5.74, 6) is -0.0602. The first-order chi connectivity index (χ1) is 9.20. The Labute approximate surface area is 125 Å². The number of rotatable bonds is 5. The summed E-state index contributed by atoms with van der Waals surface area (Å²) >= 11 is 4.95. The van der Waals surface area contributed by atoms with E-state index in [0.717, 1.165) is 12.8 Å². The third kappa shape index (κ3) is 3.88. The number of hydrogen-bond donors (Lipinski definition) is 1. The number of carbonyl (C=O) groups excluding carboxylic acids is 1. The average Bonchev–Trinajstić information content (AvgIpc) is 2.92. The predicted molar refractivity (Wildman–Crippen MR) is 81.4 cm³/mol. The lowest BCUT2D eigenvalue weighted by Crippen LogP contribution is -2.28. The molecule has 1 unspecified atom stereocenters. The van der Waals surface area contributed by atoms with Crippen LogP contribution in [0.3, 0.4) is 0 Å². The quantitative estimate of drug-likeness (QED) is 0.831. The molecule has 0 radical (unpaired) electrons. The summed E-state index contributed by atoms with van der Waals surface area (Å²) in [4.78, 5) is 17.4. The molecule has 2 aromatic heterocycles. The zero-order valence-electron chi connectivity index (χ0n) is 10.6. The molecule has 0 aliphatic rings. The Bertz CT molecular complexity index is 542. The standard InChI is InChI=1S/C14H15BrN2OS/c1-2-4-11(12-5-3-8-19-12)17-14(18)10-6-7-16-13(15)9-10/h3,5-9,11H,2,4H2,1H3,(H,17,18). The van der Waals surface area contributed by atoms with Gasteiger partial charge in [0.1, 0.15) is 4.60 Å². The second kappa shape index (κ2) is 6.82. The zero-order chi connectivity index (χ0) is 13.7. The van der Waals surface area contributed by atoms with E-state index >= 15 is 0 Å². The lowest BCUT2D eigenvalue weighted by molar-refractivity contribution is 0.0935. The smallest absolute Gasteiger partial charge is 0.251 e. The Balaban J connectivity index is 2.11. The molecule has 1 amide bonds. The Kier molecular flexibility index (Phi) is 5.10. The number of nitrogens with zero attached hydrogens (tertiary/aromatic N) is 1. The summed E-state index contributed by atoms with van der Waals surface area (Å²) < 4.78 is 0.670. The van der Waals surface area contributed by atoms with Crippen molar-refractivity contribution in [2.75, 3.05) is 0 Å². The maximum atomic E-state index is 12.2. The van der Waals surface area contributed by atoms with Gasteiger partial charge in [-0.3, -0.25) is 4.79 Å². The first-order valence-electron chi connectivity index (χ1n) is 6.16. The number of pyridine rings is 1. The number of carbonyl (C=O) groups is 1. The van der Waals surface area contributed by atoms with Crippen molar-refractivity contribution in [3.05, 3.63) is 50.9 Å². The fourth-order valence-electron chi connectivity index (χ4n) is 1.85. The summed E-state index contributed by atoms with van der Waals surface area (Å²) in [6.45, 7) is 2.12. The molecule has 2 aromatic rings. The zero-order valence-corrected chi connectivity index (χ0v) is 13.0. The van der Waals surface area contributed by atoms with Crippen molar-refractivity contribution in [3.63, 3.8) is 0 Å². The van der Waals surface area contributed by atoms with Gasteiger partial charge in [-0.1, -0.05) is 19.4 Å². The predicted octanol–water partition coefficient (Wildman–Crippen LogP) is 4.18. The van der Waals surface area contributed by atoms with Gasteiger partial charge in [0.15, 0.2) is 0 Å². The fraction of sp³-hybridized carbons (Fsp3) is 0.286. The highest BCUT2D eigenvalue weighted by Crippen LogP contribution is 2.23. The molecule has 100 valence electrons. The van der Waals surface area contributed by atoms with E-state index in [0.29, 0.717) is 10.2 Å². The minimum atomic E-state index is -0.0602. The van der Waals surface area contributed by atoms with Crippen LogP contribution >= 0.6 is 27.3 Å². The van der Waals surface area contributed by atoms with E-state index in [2.05, 4.69) is 39.2 Å². The molecule has 1 N–H and O–H groups in total. The number of halogens is 1. The Morgan fingerprint density at radius 2 is 2.37 bits per heavy atom. The molecular formula is C14H15BrN2OS. The topological polar surface area (TPSA) is 42.0 Å². The number of nitrogens with one attached hydrogen (secondary N) is 1. The molecule has 2 heterocycles. The molecular weight excluding hydrogens is 324 g/mol. The van der Waals surface area contributed by atoms with Gasteiger partial charge in [-0.05, 0) is 45.9 Å². The summed E-state index contributed by atoms with van der Waals surface area (Å²) in [7, 11) is 0. The molecule has 19 heavy (non-hydrogen) atoms. The number of amides is 1. The molecule has 0 aromatic carbocycles. The Morgan fingerprint density at radius 1 is 1.53 bits per heavy atom. The Morgan fingerprint density at radius 3 is 3.00 bits per heavy atom. The maximum Gasteiger partial charge on any atom is 0.251 e. The van der Waals surface area contributed by atoms with Crippen molar-refractivity contribution in [1.82, 2.24) is 10.3 Å². The monoisotopic (exact) mass is 338 g/mol. The lowest BCUT2D eigenvalue weighted by Gasteiger charge is -2.16. The molecule has 1 atom stereocenters. The van der Waals surface area contributed by atoms with Crippen LogP contribution in [-0.2, 0) is 0 Å². The van der Waals surface area contributed by atoms with Crippen molar-refractivity contribution in [2.24, 2.45) is 0 Å². The summed E-state index contributed by atoms with van der Waals surface area (Å²) in [5, 5.41) is 5.12. The van der Waals surface area contributed by atoms with Gasteiger partial charge in [-0.25, -0.2) is 4.98 Å². The van der Waals surface area contributed by atoms with Gasteiger partial charge in [0.25, 0.3) is 5.91 Å². The van der Waals surface area contributed by atoms with Crippen LogP contribution in [0.4, 0.5) is 0 Å². The van der Waals surface area contributed by atoms with Gasteiger partial charge in [-0.2, -0.15) is 0 Å². The van der Waals surface area contributed by atoms with Crippen molar-refractivity contribution in [3.8, 4) is 0 Å². The van der Waals surface area contributed by atoms with Gasteiger partial charge in [-0.15, -0.1) is 11.3 Å². The van der Waals surface area contributed by atoms with E-state index in [4.69, 9.17) is 0 Å². The van der Waals surface area contributed by atoms with Crippen molar-refractivity contribution >= 4 is 33.2 Å². The molecule has 2 rings (SSSR count). The lowest BCUT2D eigenvalue weighted by atomic mass is 10.1. The number of thiophene rings is 1. The highest BCUT2D eigenvalue weighted by atomic mass is 79.9. The van der Waals surface area contributed by atoms with E-state index in [1.165, 1.54) is 4.88 Å². The van der Waals surface area contributed by atoms with Crippen LogP contribution in [-0.4, -0.2) is 10.9 Å². The van der Waals surface area contributed by atoms with Crippen molar-refractivity contribution < 1.29 is 4.79 Å². The third-order valence-electron chi connectivity index (χ3n) is 2.76. The van der Waals surface area contributed by atoms with Crippen molar-refractivity contribution in [1.29, 1.82) is 0 Å². The van der Waals surface area contributed by atoms with E-state index in [9.17, 15) is 4.79 Å². The van der Waals surface area contributed by atoms with Gasteiger partial charge < -0.3 is 5.32 Å². The SMILES string of the molecule is CCCC(NC(=O)c1ccnc(Br)c1)c1cccs1. The fourth-order valence-corrected chi connectivity index (χ4v) is 3.03. The molecule has 0 spiro atoms.